The zero-order valence-electron chi connectivity index (χ0n) is 52.7. The molecule has 4 aliphatic heterocycles. The maximum atomic E-state index is 14.2. The molecule has 0 N–H and O–H groups in total. The van der Waals surface area contributed by atoms with Gasteiger partial charge in [-0.15, -0.1) is 0 Å². The number of benzene rings is 4. The molecule has 3 aromatic heterocycles. The predicted octanol–water partition coefficient (Wildman–Crippen LogP) is 10.2. The molecule has 6 aliphatic rings. The van der Waals surface area contributed by atoms with Crippen molar-refractivity contribution in [3.05, 3.63) is 99.2 Å². The third-order valence-corrected chi connectivity index (χ3v) is 19.4. The van der Waals surface area contributed by atoms with Crippen LogP contribution in [-0.2, 0) is 33.3 Å². The second kappa shape index (κ2) is 23.4. The first-order valence-electron chi connectivity index (χ1n) is 29.0. The van der Waals surface area contributed by atoms with Crippen molar-refractivity contribution in [3.63, 3.8) is 0 Å². The second-order valence-corrected chi connectivity index (χ2v) is 23.6. The highest BCUT2D eigenvalue weighted by Crippen LogP contribution is 2.80. The maximum absolute atomic E-state index is 14.2. The number of carbonyl (C=O) groups excluding carboxylic acids is 3. The zero-order chi connectivity index (χ0) is 64.6. The smallest absolute Gasteiger partial charge is 0.339 e. The fourth-order valence-corrected chi connectivity index (χ4v) is 15.4. The standard InChI is InChI=1S/C26H30O8.C21H22O8.C20H20O7/c1-22(2)15-9-16(27)24(4)14(25(15)12-31-18(28)10-17(25)33-22)5-7-23(3)19(13-6-8-30-11-13)32-21(29)20-26(23,24)34-20;1-23-13-8-7-11(9-15(13)24-2)14-10-12(22)16-17(25-3)19(26-4)21(28-6)20(27-5)18(16)29-14;1-22-13-7-6-11(8-15(13)23-2)14-9-12(21)18-16(27-14)10-17(24-3)19(25-4)20(18)26-5/h6,8,11,14-15,17,19-20H,5,7,9-10,12H2,1-4H3;7-10H,1-6H3;6-10H,1-5H3/t14-,15-,17-,19-,20+,23-,24-,25+,26+;;/m0../s1. The van der Waals surface area contributed by atoms with Crippen LogP contribution in [0.15, 0.2) is 96.0 Å². The normalized spacial score (nSPS) is 26.3. The fourth-order valence-electron chi connectivity index (χ4n) is 15.4. The van der Waals surface area contributed by atoms with Crippen LogP contribution in [0.3, 0.4) is 0 Å². The molecular weight excluding hydrogens is 1170 g/mol. The van der Waals surface area contributed by atoms with Crippen molar-refractivity contribution in [2.24, 2.45) is 28.1 Å². The van der Waals surface area contributed by atoms with Gasteiger partial charge >= 0.3 is 11.9 Å². The number of furan rings is 1. The lowest BCUT2D eigenvalue weighted by atomic mass is 9.37. The first kappa shape index (κ1) is 62.5. The number of ketones is 1. The monoisotopic (exact) mass is 1240 g/mol. The number of Topliss-reactive ketones (excluding diaryl/α,β-unsaturated/α-hetero) is 1. The Labute approximate surface area is 517 Å². The summed E-state index contributed by atoms with van der Waals surface area (Å²) in [5.74, 6) is 4.00. The summed E-state index contributed by atoms with van der Waals surface area (Å²) in [6.45, 7) is 8.36. The Kier molecular flexibility index (Phi) is 16.2. The molecule has 9 atom stereocenters. The zero-order valence-corrected chi connectivity index (χ0v) is 52.7. The third kappa shape index (κ3) is 9.22. The molecule has 23 heteroatoms. The van der Waals surface area contributed by atoms with Gasteiger partial charge in [0.2, 0.25) is 23.0 Å². The first-order valence-corrected chi connectivity index (χ1v) is 29.0. The lowest BCUT2D eigenvalue weighted by molar-refractivity contribution is -0.225. The number of hydrogen-bond donors (Lipinski definition) is 0. The Hall–Kier alpha value is -9.09. The van der Waals surface area contributed by atoms with Crippen LogP contribution in [0.2, 0.25) is 0 Å². The molecule has 2 saturated carbocycles. The van der Waals surface area contributed by atoms with E-state index in [9.17, 15) is 24.0 Å². The highest BCUT2D eigenvalue weighted by molar-refractivity contribution is 5.96. The van der Waals surface area contributed by atoms with Crippen LogP contribution in [-0.4, -0.2) is 126 Å². The molecule has 23 nitrogen and oxygen atoms in total. The molecule has 4 aromatic carbocycles. The molecule has 6 fully saturated rings. The van der Waals surface area contributed by atoms with E-state index in [-0.39, 0.29) is 98.7 Å². The molecule has 0 bridgehead atoms. The molecule has 90 heavy (non-hydrogen) atoms. The highest BCUT2D eigenvalue weighted by atomic mass is 16.7. The van der Waals surface area contributed by atoms with E-state index in [1.54, 1.807) is 76.3 Å². The van der Waals surface area contributed by atoms with Crippen LogP contribution in [0, 0.1) is 28.1 Å². The highest BCUT2D eigenvalue weighted by Gasteiger charge is 2.90. The Bertz CT molecular complexity index is 4090. The average Bonchev–Trinajstić information content (AvgIpc) is 1.44. The molecule has 0 amide bonds. The van der Waals surface area contributed by atoms with Crippen LogP contribution >= 0.6 is 0 Å². The van der Waals surface area contributed by atoms with Crippen LogP contribution in [0.4, 0.5) is 0 Å². The van der Waals surface area contributed by atoms with Gasteiger partial charge in [-0.3, -0.25) is 19.2 Å². The van der Waals surface area contributed by atoms with Crippen molar-refractivity contribution in [2.45, 2.75) is 82.9 Å². The van der Waals surface area contributed by atoms with Gasteiger partial charge < -0.3 is 84.3 Å². The number of methoxy groups -OCH3 is 11. The Morgan fingerprint density at radius 2 is 1.07 bits per heavy atom. The van der Waals surface area contributed by atoms with Gasteiger partial charge in [0.1, 0.15) is 52.0 Å². The van der Waals surface area contributed by atoms with Gasteiger partial charge in [0.05, 0.1) is 114 Å². The molecule has 13 rings (SSSR count). The Morgan fingerprint density at radius 1 is 0.511 bits per heavy atom. The summed E-state index contributed by atoms with van der Waals surface area (Å²) in [5, 5.41) is 0.464. The minimum Gasteiger partial charge on any atom is -0.493 e. The number of ether oxygens (including phenoxy) is 15. The summed E-state index contributed by atoms with van der Waals surface area (Å²) in [4.78, 5) is 65.5. The summed E-state index contributed by atoms with van der Waals surface area (Å²) in [6.07, 6.45) is 3.46. The van der Waals surface area contributed by atoms with E-state index >= 15 is 0 Å². The number of cyclic esters (lactones) is 2. The molecule has 0 unspecified atom stereocenters. The number of rotatable bonds is 14. The van der Waals surface area contributed by atoms with E-state index in [0.717, 1.165) is 12.0 Å². The number of carbonyl (C=O) groups is 3. The summed E-state index contributed by atoms with van der Waals surface area (Å²) >= 11 is 0. The molecule has 0 radical (unpaired) electrons. The van der Waals surface area contributed by atoms with Crippen molar-refractivity contribution in [3.8, 4) is 85.9 Å². The first-order chi connectivity index (χ1) is 43.1. The lowest BCUT2D eigenvalue weighted by Crippen LogP contribution is -2.72. The number of hydrogen-bond acceptors (Lipinski definition) is 23. The number of esters is 2. The Balaban J connectivity index is 0.000000140. The molecular formula is C67H72O23. The quantitative estimate of drug-likeness (QED) is 0.0723. The van der Waals surface area contributed by atoms with Gasteiger partial charge in [-0.1, -0.05) is 6.92 Å². The lowest BCUT2D eigenvalue weighted by Gasteiger charge is -2.65. The van der Waals surface area contributed by atoms with Crippen molar-refractivity contribution in [1.29, 1.82) is 0 Å². The van der Waals surface area contributed by atoms with Gasteiger partial charge in [-0.25, -0.2) is 4.79 Å². The van der Waals surface area contributed by atoms with Crippen molar-refractivity contribution >= 4 is 39.7 Å². The Morgan fingerprint density at radius 3 is 1.62 bits per heavy atom. The van der Waals surface area contributed by atoms with Gasteiger partial charge in [0.15, 0.2) is 62.8 Å². The SMILES string of the molecule is CC1(C)O[C@H]2CC(=O)OC[C@]23[C@H]2CC[C@@]4(C)[C@H](c5ccoc5)OC(=O)[C@H]5O[C@]54[C@]2(C)C(=O)C[C@@H]13.COc1ccc(-c2cc(=O)c3c(OC)c(OC)c(OC)c(OC)c3o2)cc1OC.COc1ccc(-c2cc(=O)c3c(OC)c(OC)c(OC)cc3o2)cc1OC. The van der Waals surface area contributed by atoms with E-state index in [4.69, 9.17) is 84.3 Å². The molecule has 7 aromatic rings. The summed E-state index contributed by atoms with van der Waals surface area (Å²) < 4.78 is 101. The third-order valence-electron chi connectivity index (χ3n) is 19.4. The van der Waals surface area contributed by atoms with Gasteiger partial charge in [0, 0.05) is 58.1 Å². The summed E-state index contributed by atoms with van der Waals surface area (Å²) in [6, 6.07) is 16.7. The molecule has 478 valence electrons. The topological polar surface area (TPSA) is 267 Å². The minimum absolute atomic E-state index is 0.0677. The molecule has 2 spiro atoms. The second-order valence-electron chi connectivity index (χ2n) is 23.6. The van der Waals surface area contributed by atoms with Crippen LogP contribution < -0.4 is 63.0 Å². The van der Waals surface area contributed by atoms with Crippen LogP contribution in [0.5, 0.6) is 63.2 Å². The van der Waals surface area contributed by atoms with Crippen LogP contribution in [0.1, 0.15) is 65.0 Å². The minimum atomic E-state index is -0.976. The predicted molar refractivity (Wildman–Crippen MR) is 322 cm³/mol. The van der Waals surface area contributed by atoms with E-state index in [2.05, 4.69) is 6.92 Å². The molecule has 4 saturated heterocycles. The number of epoxide rings is 1. The van der Waals surface area contributed by atoms with Crippen molar-refractivity contribution in [1.82, 2.24) is 0 Å². The van der Waals surface area contributed by atoms with Gasteiger partial charge in [-0.05, 0) is 82.0 Å². The fraction of sp³-hybridized carbons (Fsp3) is 0.448. The van der Waals surface area contributed by atoms with E-state index < -0.39 is 45.6 Å². The number of fused-ring (bicyclic) bond motifs is 3. The van der Waals surface area contributed by atoms with E-state index in [1.165, 1.54) is 69.0 Å². The molecule has 7 heterocycles. The summed E-state index contributed by atoms with van der Waals surface area (Å²) in [5.41, 5.74) is -1.58. The largest absolute Gasteiger partial charge is 0.493 e. The maximum Gasteiger partial charge on any atom is 0.339 e. The van der Waals surface area contributed by atoms with Crippen molar-refractivity contribution < 1.29 is 98.7 Å². The van der Waals surface area contributed by atoms with Gasteiger partial charge in [0.25, 0.3) is 0 Å². The van der Waals surface area contributed by atoms with E-state index in [1.807, 2.05) is 26.8 Å². The van der Waals surface area contributed by atoms with Crippen molar-refractivity contribution in [2.75, 3.05) is 84.8 Å². The van der Waals surface area contributed by atoms with Crippen LogP contribution in [0.25, 0.3) is 44.6 Å². The molecule has 2 aliphatic carbocycles. The average molecular weight is 1250 g/mol. The summed E-state index contributed by atoms with van der Waals surface area (Å²) in [7, 11) is 16.4. The van der Waals surface area contributed by atoms with Gasteiger partial charge in [-0.2, -0.15) is 0 Å². The van der Waals surface area contributed by atoms with E-state index in [0.29, 0.717) is 75.6 Å².